The van der Waals surface area contributed by atoms with Crippen molar-refractivity contribution in [3.05, 3.63) is 74.8 Å². The molecular formula is C22H24ClN3O2. The number of fused-ring (bicyclic) bond motifs is 1. The van der Waals surface area contributed by atoms with E-state index in [0.29, 0.717) is 40.4 Å². The van der Waals surface area contributed by atoms with Crippen LogP contribution in [0, 0.1) is 6.92 Å². The van der Waals surface area contributed by atoms with Crippen LogP contribution in [0.1, 0.15) is 48.6 Å². The third-order valence-electron chi connectivity index (χ3n) is 5.00. The van der Waals surface area contributed by atoms with Crippen LogP contribution in [0.4, 0.5) is 0 Å². The molecule has 1 atom stereocenters. The predicted molar refractivity (Wildman–Crippen MR) is 113 cm³/mol. The first-order valence-electron chi connectivity index (χ1n) is 9.45. The second-order valence-corrected chi connectivity index (χ2v) is 7.25. The van der Waals surface area contributed by atoms with E-state index in [1.807, 2.05) is 52.0 Å². The molecule has 28 heavy (non-hydrogen) atoms. The third-order valence-corrected chi connectivity index (χ3v) is 5.24. The van der Waals surface area contributed by atoms with Crippen molar-refractivity contribution < 1.29 is 4.79 Å². The minimum atomic E-state index is -0.355. The zero-order chi connectivity index (χ0) is 20.4. The summed E-state index contributed by atoms with van der Waals surface area (Å²) in [5.41, 5.74) is 2.16. The second-order valence-electron chi connectivity index (χ2n) is 6.81. The number of hydrogen-bond acceptors (Lipinski definition) is 3. The summed E-state index contributed by atoms with van der Waals surface area (Å²) in [5.74, 6) is 0.493. The molecule has 0 aliphatic heterocycles. The fourth-order valence-electron chi connectivity index (χ4n) is 3.43. The highest BCUT2D eigenvalue weighted by molar-refractivity contribution is 6.31. The molecule has 0 bridgehead atoms. The van der Waals surface area contributed by atoms with Gasteiger partial charge in [-0.1, -0.05) is 29.3 Å². The molecular weight excluding hydrogens is 374 g/mol. The van der Waals surface area contributed by atoms with E-state index in [9.17, 15) is 9.59 Å². The largest absolute Gasteiger partial charge is 0.329 e. The average molecular weight is 398 g/mol. The van der Waals surface area contributed by atoms with Crippen LogP contribution in [-0.2, 0) is 6.54 Å². The van der Waals surface area contributed by atoms with Gasteiger partial charge in [0.15, 0.2) is 0 Å². The Balaban J connectivity index is 2.08. The molecule has 2 aromatic carbocycles. The van der Waals surface area contributed by atoms with Gasteiger partial charge in [0.05, 0.1) is 16.9 Å². The quantitative estimate of drug-likeness (QED) is 0.632. The highest BCUT2D eigenvalue weighted by Gasteiger charge is 2.25. The van der Waals surface area contributed by atoms with Gasteiger partial charge in [0.25, 0.3) is 11.5 Å². The summed E-state index contributed by atoms with van der Waals surface area (Å²) in [4.78, 5) is 32.5. The van der Waals surface area contributed by atoms with Crippen molar-refractivity contribution in [2.75, 3.05) is 6.54 Å². The molecule has 5 nitrogen and oxygen atoms in total. The highest BCUT2D eigenvalue weighted by atomic mass is 35.5. The van der Waals surface area contributed by atoms with Crippen LogP contribution < -0.4 is 5.56 Å². The first-order chi connectivity index (χ1) is 13.4. The van der Waals surface area contributed by atoms with Crippen LogP contribution in [0.15, 0.2) is 47.3 Å². The van der Waals surface area contributed by atoms with Crippen molar-refractivity contribution in [1.29, 1.82) is 0 Å². The number of amides is 1. The van der Waals surface area contributed by atoms with E-state index in [1.165, 1.54) is 0 Å². The van der Waals surface area contributed by atoms with Crippen LogP contribution in [0.3, 0.4) is 0 Å². The molecule has 0 saturated carbocycles. The monoisotopic (exact) mass is 397 g/mol. The number of carbonyl (C=O) groups is 1. The molecule has 1 amide bonds. The molecule has 1 aromatic heterocycles. The van der Waals surface area contributed by atoms with Gasteiger partial charge in [-0.05, 0) is 58.0 Å². The van der Waals surface area contributed by atoms with Gasteiger partial charge in [0.1, 0.15) is 5.82 Å². The number of benzene rings is 2. The first kappa shape index (κ1) is 20.1. The molecule has 146 valence electrons. The molecule has 0 saturated heterocycles. The number of aromatic nitrogens is 2. The lowest BCUT2D eigenvalue weighted by Crippen LogP contribution is -2.37. The van der Waals surface area contributed by atoms with Crippen molar-refractivity contribution in [1.82, 2.24) is 14.5 Å². The molecule has 1 unspecified atom stereocenters. The first-order valence-corrected chi connectivity index (χ1v) is 9.82. The summed E-state index contributed by atoms with van der Waals surface area (Å²) in [5, 5.41) is 0.984. The number of aryl methyl sites for hydroxylation is 1. The van der Waals surface area contributed by atoms with E-state index >= 15 is 0 Å². The van der Waals surface area contributed by atoms with Gasteiger partial charge in [-0.25, -0.2) is 4.98 Å². The number of halogens is 1. The number of hydrogen-bond donors (Lipinski definition) is 0. The number of carbonyl (C=O) groups excluding carboxylic acids is 1. The SMILES string of the molecule is CCN(C(=O)c1ccc(C)cc1)C(C)c1nc2ccc(Cl)cc2c(=O)n1CC. The van der Waals surface area contributed by atoms with Gasteiger partial charge in [-0.15, -0.1) is 0 Å². The van der Waals surface area contributed by atoms with Crippen molar-refractivity contribution in [2.24, 2.45) is 0 Å². The number of nitrogens with zero attached hydrogens (tertiary/aromatic N) is 3. The maximum absolute atomic E-state index is 13.1. The summed E-state index contributed by atoms with van der Waals surface area (Å²) >= 11 is 6.05. The fourth-order valence-corrected chi connectivity index (χ4v) is 3.60. The summed E-state index contributed by atoms with van der Waals surface area (Å²) in [6, 6.07) is 12.3. The minimum Gasteiger partial charge on any atom is -0.329 e. The van der Waals surface area contributed by atoms with Crippen molar-refractivity contribution in [2.45, 2.75) is 40.3 Å². The van der Waals surface area contributed by atoms with Crippen LogP contribution in [-0.4, -0.2) is 26.9 Å². The fraction of sp³-hybridized carbons (Fsp3) is 0.318. The Labute approximate surface area is 169 Å². The Morgan fingerprint density at radius 2 is 1.86 bits per heavy atom. The summed E-state index contributed by atoms with van der Waals surface area (Å²) in [6.45, 7) is 8.69. The molecule has 3 aromatic rings. The Bertz CT molecular complexity index is 1070. The maximum atomic E-state index is 13.1. The van der Waals surface area contributed by atoms with Gasteiger partial charge >= 0.3 is 0 Å². The van der Waals surface area contributed by atoms with Crippen molar-refractivity contribution in [3.63, 3.8) is 0 Å². The zero-order valence-electron chi connectivity index (χ0n) is 16.6. The molecule has 0 aliphatic carbocycles. The standard InChI is InChI=1S/C22H24ClN3O2/c1-5-25(21(27)16-9-7-14(3)8-10-16)15(4)20-24-19-12-11-17(23)13-18(19)22(28)26(20)6-2/h7-13,15H,5-6H2,1-4H3. The van der Waals surface area contributed by atoms with Gasteiger partial charge in [-0.2, -0.15) is 0 Å². The summed E-state index contributed by atoms with van der Waals surface area (Å²) in [7, 11) is 0. The van der Waals surface area contributed by atoms with Crippen LogP contribution >= 0.6 is 11.6 Å². The maximum Gasteiger partial charge on any atom is 0.261 e. The van der Waals surface area contributed by atoms with Gasteiger partial charge in [0, 0.05) is 23.7 Å². The van der Waals surface area contributed by atoms with Crippen molar-refractivity contribution in [3.8, 4) is 0 Å². The second kappa shape index (κ2) is 8.15. The van der Waals surface area contributed by atoms with Gasteiger partial charge in [0.2, 0.25) is 0 Å². The molecule has 0 radical (unpaired) electrons. The van der Waals surface area contributed by atoms with Crippen LogP contribution in [0.2, 0.25) is 5.02 Å². The topological polar surface area (TPSA) is 55.2 Å². The molecule has 1 heterocycles. The smallest absolute Gasteiger partial charge is 0.261 e. The van der Waals surface area contributed by atoms with Crippen molar-refractivity contribution >= 4 is 28.4 Å². The Morgan fingerprint density at radius 3 is 2.46 bits per heavy atom. The summed E-state index contributed by atoms with van der Waals surface area (Å²) < 4.78 is 1.62. The van der Waals surface area contributed by atoms with E-state index < -0.39 is 0 Å². The lowest BCUT2D eigenvalue weighted by atomic mass is 10.1. The highest BCUT2D eigenvalue weighted by Crippen LogP contribution is 2.23. The van der Waals surface area contributed by atoms with E-state index in [1.54, 1.807) is 27.7 Å². The van der Waals surface area contributed by atoms with Crippen LogP contribution in [0.5, 0.6) is 0 Å². The zero-order valence-corrected chi connectivity index (χ0v) is 17.3. The van der Waals surface area contributed by atoms with Crippen LogP contribution in [0.25, 0.3) is 10.9 Å². The molecule has 6 heteroatoms. The van der Waals surface area contributed by atoms with Gasteiger partial charge in [-0.3, -0.25) is 14.2 Å². The summed E-state index contributed by atoms with van der Waals surface area (Å²) in [6.07, 6.45) is 0. The lowest BCUT2D eigenvalue weighted by molar-refractivity contribution is 0.0691. The lowest BCUT2D eigenvalue weighted by Gasteiger charge is -2.29. The van der Waals surface area contributed by atoms with E-state index in [0.717, 1.165) is 5.56 Å². The van der Waals surface area contributed by atoms with E-state index in [-0.39, 0.29) is 17.5 Å². The van der Waals surface area contributed by atoms with E-state index in [2.05, 4.69) is 0 Å². The molecule has 0 aliphatic rings. The predicted octanol–water partition coefficient (Wildman–Crippen LogP) is 4.60. The van der Waals surface area contributed by atoms with E-state index in [4.69, 9.17) is 16.6 Å². The Hall–Kier alpha value is -2.66. The minimum absolute atomic E-state index is 0.0805. The van der Waals surface area contributed by atoms with Gasteiger partial charge < -0.3 is 4.90 Å². The Morgan fingerprint density at radius 1 is 1.18 bits per heavy atom. The Kier molecular flexibility index (Phi) is 5.84. The molecule has 0 spiro atoms. The molecule has 0 N–H and O–H groups in total. The molecule has 3 rings (SSSR count). The normalized spacial score (nSPS) is 12.2. The molecule has 0 fully saturated rings. The number of rotatable bonds is 5. The third kappa shape index (κ3) is 3.67. The average Bonchev–Trinajstić information content (AvgIpc) is 2.69.